The Morgan fingerprint density at radius 2 is 2.04 bits per heavy atom. The van der Waals surface area contributed by atoms with Gasteiger partial charge in [0.15, 0.2) is 5.16 Å². The van der Waals surface area contributed by atoms with E-state index >= 15 is 0 Å². The molecule has 146 valence electrons. The van der Waals surface area contributed by atoms with E-state index in [-0.39, 0.29) is 16.7 Å². The first kappa shape index (κ1) is 19.2. The highest BCUT2D eigenvalue weighted by atomic mass is 32.2. The van der Waals surface area contributed by atoms with Crippen LogP contribution in [0.2, 0.25) is 0 Å². The van der Waals surface area contributed by atoms with Crippen molar-refractivity contribution >= 4 is 39.2 Å². The number of rotatable bonds is 5. The molecule has 0 unspecified atom stereocenters. The highest BCUT2D eigenvalue weighted by Crippen LogP contribution is 2.35. The number of thiophene rings is 1. The molecule has 28 heavy (non-hydrogen) atoms. The molecule has 1 aliphatic carbocycles. The molecule has 0 radical (unpaired) electrons. The number of para-hydroxylation sites is 1. The fourth-order valence-corrected chi connectivity index (χ4v) is 5.85. The lowest BCUT2D eigenvalue weighted by Crippen LogP contribution is -2.31. The number of amides is 1. The SMILES string of the molecule is CCNC(=O)[C@H](C)Sc1nc2sc3c(c2c(=O)n1-c1ccccc1)CCCC3. The summed E-state index contributed by atoms with van der Waals surface area (Å²) in [5, 5.41) is 3.84. The molecule has 7 heteroatoms. The molecule has 2 heterocycles. The molecule has 5 nitrogen and oxygen atoms in total. The van der Waals surface area contributed by atoms with Crippen LogP contribution >= 0.6 is 23.1 Å². The second kappa shape index (κ2) is 8.09. The molecule has 0 aliphatic heterocycles. The Balaban J connectivity index is 1.90. The van der Waals surface area contributed by atoms with Gasteiger partial charge in [0.1, 0.15) is 4.83 Å². The minimum Gasteiger partial charge on any atom is -0.355 e. The Morgan fingerprint density at radius 3 is 2.79 bits per heavy atom. The van der Waals surface area contributed by atoms with Crippen molar-refractivity contribution in [2.45, 2.75) is 49.9 Å². The molecule has 3 aromatic rings. The number of carbonyl (C=O) groups excluding carboxylic acids is 1. The second-order valence-electron chi connectivity index (χ2n) is 6.92. The normalized spacial score (nSPS) is 14.6. The smallest absolute Gasteiger partial charge is 0.267 e. The lowest BCUT2D eigenvalue weighted by Gasteiger charge is -2.16. The molecular weight excluding hydrogens is 390 g/mol. The number of nitrogens with zero attached hydrogens (tertiary/aromatic N) is 2. The lowest BCUT2D eigenvalue weighted by molar-refractivity contribution is -0.120. The third kappa shape index (κ3) is 3.49. The second-order valence-corrected chi connectivity index (χ2v) is 9.31. The van der Waals surface area contributed by atoms with E-state index in [2.05, 4.69) is 5.32 Å². The first-order valence-electron chi connectivity index (χ1n) is 9.67. The molecule has 0 bridgehead atoms. The van der Waals surface area contributed by atoms with Crippen molar-refractivity contribution in [1.82, 2.24) is 14.9 Å². The first-order valence-corrected chi connectivity index (χ1v) is 11.4. The van der Waals surface area contributed by atoms with Crippen molar-refractivity contribution in [3.05, 3.63) is 51.1 Å². The molecule has 4 rings (SSSR count). The van der Waals surface area contributed by atoms with Crippen molar-refractivity contribution in [2.75, 3.05) is 6.54 Å². The van der Waals surface area contributed by atoms with Crippen molar-refractivity contribution < 1.29 is 4.79 Å². The number of hydrogen-bond acceptors (Lipinski definition) is 5. The predicted molar refractivity (Wildman–Crippen MR) is 116 cm³/mol. The van der Waals surface area contributed by atoms with Gasteiger partial charge in [-0.2, -0.15) is 0 Å². The Bertz CT molecular complexity index is 1070. The van der Waals surface area contributed by atoms with E-state index in [4.69, 9.17) is 4.98 Å². The molecule has 1 aliphatic rings. The first-order chi connectivity index (χ1) is 13.6. The fourth-order valence-electron chi connectivity index (χ4n) is 3.60. The van der Waals surface area contributed by atoms with Crippen molar-refractivity contribution in [1.29, 1.82) is 0 Å². The van der Waals surface area contributed by atoms with Gasteiger partial charge < -0.3 is 5.32 Å². The minimum atomic E-state index is -0.339. The molecule has 0 saturated carbocycles. The van der Waals surface area contributed by atoms with Gasteiger partial charge in [-0.05, 0) is 57.2 Å². The van der Waals surface area contributed by atoms with Gasteiger partial charge in [-0.25, -0.2) is 4.98 Å². The van der Waals surface area contributed by atoms with Crippen molar-refractivity contribution in [2.24, 2.45) is 0 Å². The third-order valence-electron chi connectivity index (χ3n) is 4.97. The van der Waals surface area contributed by atoms with Gasteiger partial charge in [-0.15, -0.1) is 11.3 Å². The zero-order valence-corrected chi connectivity index (χ0v) is 17.7. The van der Waals surface area contributed by atoms with Crippen LogP contribution in [0.4, 0.5) is 0 Å². The Morgan fingerprint density at radius 1 is 1.29 bits per heavy atom. The van der Waals surface area contributed by atoms with Crippen LogP contribution in [-0.2, 0) is 17.6 Å². The largest absolute Gasteiger partial charge is 0.355 e. The van der Waals surface area contributed by atoms with Gasteiger partial charge in [0, 0.05) is 11.4 Å². The Kier molecular flexibility index (Phi) is 5.55. The molecule has 0 fully saturated rings. The number of carbonyl (C=O) groups is 1. The van der Waals surface area contributed by atoms with Gasteiger partial charge in [-0.1, -0.05) is 30.0 Å². The fraction of sp³-hybridized carbons (Fsp3) is 0.381. The van der Waals surface area contributed by atoms with Crippen molar-refractivity contribution in [3.8, 4) is 5.69 Å². The molecule has 1 amide bonds. The zero-order chi connectivity index (χ0) is 19.7. The predicted octanol–water partition coefficient (Wildman–Crippen LogP) is 3.94. The Labute approximate surface area is 172 Å². The summed E-state index contributed by atoms with van der Waals surface area (Å²) in [6, 6.07) is 9.58. The summed E-state index contributed by atoms with van der Waals surface area (Å²) >= 11 is 2.97. The summed E-state index contributed by atoms with van der Waals surface area (Å²) in [5.74, 6) is -0.0491. The number of hydrogen-bond donors (Lipinski definition) is 1. The average Bonchev–Trinajstić information content (AvgIpc) is 3.07. The number of thioether (sulfide) groups is 1. The number of aryl methyl sites for hydroxylation is 2. The van der Waals surface area contributed by atoms with Crippen LogP contribution in [0.1, 0.15) is 37.1 Å². The minimum absolute atomic E-state index is 0.0267. The summed E-state index contributed by atoms with van der Waals surface area (Å²) in [6.07, 6.45) is 4.26. The van der Waals surface area contributed by atoms with E-state index < -0.39 is 0 Å². The van der Waals surface area contributed by atoms with Crippen LogP contribution in [0, 0.1) is 0 Å². The highest BCUT2D eigenvalue weighted by Gasteiger charge is 2.24. The van der Waals surface area contributed by atoms with E-state index in [1.54, 1.807) is 15.9 Å². The number of nitrogens with one attached hydrogen (secondary N) is 1. The molecular formula is C21H23N3O2S2. The van der Waals surface area contributed by atoms with E-state index in [0.29, 0.717) is 11.7 Å². The van der Waals surface area contributed by atoms with Crippen LogP contribution in [-0.4, -0.2) is 27.3 Å². The van der Waals surface area contributed by atoms with Crippen molar-refractivity contribution in [3.63, 3.8) is 0 Å². The van der Waals surface area contributed by atoms with Crippen LogP contribution < -0.4 is 10.9 Å². The van der Waals surface area contributed by atoms with Gasteiger partial charge in [0.05, 0.1) is 16.3 Å². The molecule has 0 saturated heterocycles. The van der Waals surface area contributed by atoms with E-state index in [9.17, 15) is 9.59 Å². The van der Waals surface area contributed by atoms with Gasteiger partial charge in [0.2, 0.25) is 5.91 Å². The molecule has 1 atom stereocenters. The quantitative estimate of drug-likeness (QED) is 0.508. The molecule has 1 aromatic carbocycles. The monoisotopic (exact) mass is 413 g/mol. The number of fused-ring (bicyclic) bond motifs is 3. The maximum absolute atomic E-state index is 13.6. The maximum atomic E-state index is 13.6. The summed E-state index contributed by atoms with van der Waals surface area (Å²) in [4.78, 5) is 32.8. The number of benzene rings is 1. The molecule has 1 N–H and O–H groups in total. The summed E-state index contributed by atoms with van der Waals surface area (Å²) < 4.78 is 1.67. The van der Waals surface area contributed by atoms with Crippen LogP contribution in [0.25, 0.3) is 15.9 Å². The molecule has 0 spiro atoms. The van der Waals surface area contributed by atoms with Gasteiger partial charge in [0.25, 0.3) is 5.56 Å². The van der Waals surface area contributed by atoms with Crippen LogP contribution in [0.5, 0.6) is 0 Å². The molecule has 2 aromatic heterocycles. The van der Waals surface area contributed by atoms with E-state index in [1.807, 2.05) is 44.2 Å². The van der Waals surface area contributed by atoms with Crippen LogP contribution in [0.3, 0.4) is 0 Å². The summed E-state index contributed by atoms with van der Waals surface area (Å²) in [6.45, 7) is 4.33. The third-order valence-corrected chi connectivity index (χ3v) is 7.21. The highest BCUT2D eigenvalue weighted by molar-refractivity contribution is 8.00. The zero-order valence-electron chi connectivity index (χ0n) is 16.0. The summed E-state index contributed by atoms with van der Waals surface area (Å²) in [5.41, 5.74) is 1.94. The van der Waals surface area contributed by atoms with E-state index in [1.165, 1.54) is 28.6 Å². The van der Waals surface area contributed by atoms with E-state index in [0.717, 1.165) is 35.2 Å². The lowest BCUT2D eigenvalue weighted by atomic mass is 9.97. The van der Waals surface area contributed by atoms with Crippen LogP contribution in [0.15, 0.2) is 40.3 Å². The average molecular weight is 414 g/mol. The number of aromatic nitrogens is 2. The van der Waals surface area contributed by atoms with Gasteiger partial charge in [-0.3, -0.25) is 14.2 Å². The topological polar surface area (TPSA) is 64.0 Å². The Hall–Kier alpha value is -2.12. The standard InChI is InChI=1S/C21H23N3O2S2/c1-3-22-18(25)13(2)27-21-23-19-17(15-11-7-8-12-16(15)28-19)20(26)24(21)14-9-5-4-6-10-14/h4-6,9-10,13H,3,7-8,11-12H2,1-2H3,(H,22,25)/t13-/m0/s1. The summed E-state index contributed by atoms with van der Waals surface area (Å²) in [7, 11) is 0. The maximum Gasteiger partial charge on any atom is 0.267 e. The van der Waals surface area contributed by atoms with Gasteiger partial charge >= 0.3 is 0 Å².